The summed E-state index contributed by atoms with van der Waals surface area (Å²) in [5.74, 6) is -0.305. The number of sulfone groups is 2. The Hall–Kier alpha value is -6.28. The van der Waals surface area contributed by atoms with E-state index in [1.165, 1.54) is 24.3 Å². The summed E-state index contributed by atoms with van der Waals surface area (Å²) in [4.78, 5) is 10.6. The van der Waals surface area contributed by atoms with Gasteiger partial charge in [0.1, 0.15) is 36.9 Å². The zero-order valence-electron chi connectivity index (χ0n) is 24.2. The van der Waals surface area contributed by atoms with Crippen LogP contribution in [0.2, 0.25) is 0 Å². The summed E-state index contributed by atoms with van der Waals surface area (Å²) in [5.41, 5.74) is 2.97. The average Bonchev–Trinajstić information content (AvgIpc) is 3.59. The average molecular weight is 639 g/mol. The molecule has 2 aliphatic carbocycles. The molecule has 0 bridgehead atoms. The van der Waals surface area contributed by atoms with Gasteiger partial charge in [0, 0.05) is 29.7 Å². The molecule has 0 fully saturated rings. The highest BCUT2D eigenvalue weighted by Crippen LogP contribution is 2.40. The zero-order valence-corrected chi connectivity index (χ0v) is 25.8. The van der Waals surface area contributed by atoms with E-state index < -0.39 is 19.7 Å². The minimum Gasteiger partial charge on any atom is -0.238 e. The third kappa shape index (κ3) is 4.92. The molecule has 5 rings (SSSR count). The highest BCUT2D eigenvalue weighted by Gasteiger charge is 2.36. The van der Waals surface area contributed by atoms with Crippen molar-refractivity contribution in [3.05, 3.63) is 127 Å². The van der Waals surface area contributed by atoms with E-state index in [9.17, 15) is 32.6 Å². The summed E-state index contributed by atoms with van der Waals surface area (Å²) in [6.07, 6.45) is 2.03. The van der Waals surface area contributed by atoms with Crippen molar-refractivity contribution in [3.63, 3.8) is 0 Å². The van der Waals surface area contributed by atoms with Crippen molar-refractivity contribution in [1.29, 1.82) is 15.8 Å². The van der Waals surface area contributed by atoms with E-state index in [0.29, 0.717) is 43.8 Å². The van der Waals surface area contributed by atoms with E-state index in [1.807, 2.05) is 12.1 Å². The van der Waals surface area contributed by atoms with Crippen LogP contribution in [-0.4, -0.2) is 29.3 Å². The molecule has 220 valence electrons. The third-order valence-corrected chi connectivity index (χ3v) is 10.1. The Morgan fingerprint density at radius 3 is 1.52 bits per heavy atom. The largest absolute Gasteiger partial charge is 0.512 e. The summed E-state index contributed by atoms with van der Waals surface area (Å²) < 4.78 is 49.0. The predicted molar refractivity (Wildman–Crippen MR) is 168 cm³/mol. The quantitative estimate of drug-likeness (QED) is 0.309. The van der Waals surface area contributed by atoms with Gasteiger partial charge >= 0.3 is 5.82 Å². The fourth-order valence-electron chi connectivity index (χ4n) is 5.91. The molecule has 0 atom stereocenters. The molecule has 3 aromatic carbocycles. The molecule has 0 aliphatic heterocycles. The normalized spacial score (nSPS) is 13.3. The summed E-state index contributed by atoms with van der Waals surface area (Å²) in [7, 11) is -7.12. The maximum Gasteiger partial charge on any atom is 0.512 e. The molecule has 0 saturated heterocycles. The molecule has 0 heterocycles. The van der Waals surface area contributed by atoms with Crippen molar-refractivity contribution in [2.24, 2.45) is 0 Å². The second-order valence-corrected chi connectivity index (χ2v) is 14.5. The molecular formula is C34H18N6O4S2. The topological polar surface area (TPSA) is 153 Å². The van der Waals surface area contributed by atoms with Crippen molar-refractivity contribution in [1.82, 2.24) is 0 Å². The lowest BCUT2D eigenvalue weighted by molar-refractivity contribution is 0.600. The van der Waals surface area contributed by atoms with Gasteiger partial charge in [-0.15, -0.1) is 0 Å². The van der Waals surface area contributed by atoms with Gasteiger partial charge in [-0.25, -0.2) is 21.7 Å². The summed E-state index contributed by atoms with van der Waals surface area (Å²) in [6, 6.07) is 17.7. The molecule has 10 nitrogen and oxygen atoms in total. The summed E-state index contributed by atoms with van der Waals surface area (Å²) in [6.45, 7) is 23.4. The first-order valence-electron chi connectivity index (χ1n) is 13.2. The van der Waals surface area contributed by atoms with Crippen LogP contribution in [0.3, 0.4) is 0 Å². The lowest BCUT2D eigenvalue weighted by atomic mass is 9.87. The smallest absolute Gasteiger partial charge is 0.238 e. The molecule has 12 heteroatoms. The molecular weight excluding hydrogens is 621 g/mol. The number of rotatable bonds is 4. The molecule has 3 aromatic rings. The number of fused-ring (bicyclic) bond motifs is 2. The maximum atomic E-state index is 12.2. The molecule has 0 N–H and O–H groups in total. The minimum atomic E-state index is -3.56. The molecule has 2 aliphatic rings. The van der Waals surface area contributed by atoms with Gasteiger partial charge in [-0.2, -0.15) is 25.5 Å². The van der Waals surface area contributed by atoms with E-state index in [-0.39, 0.29) is 56.4 Å². The predicted octanol–water partition coefficient (Wildman–Crippen LogP) is 4.04. The first-order valence-corrected chi connectivity index (χ1v) is 17.0. The van der Waals surface area contributed by atoms with Gasteiger partial charge in [0.05, 0.1) is 27.5 Å². The van der Waals surface area contributed by atoms with Crippen LogP contribution >= 0.6 is 0 Å². The highest BCUT2D eigenvalue weighted by atomic mass is 32.2. The zero-order chi connectivity index (χ0) is 33.6. The van der Waals surface area contributed by atoms with Crippen LogP contribution in [0.4, 0.5) is 0 Å². The molecule has 0 aromatic heterocycles. The second kappa shape index (κ2) is 11.3. The van der Waals surface area contributed by atoms with Gasteiger partial charge < -0.3 is 0 Å². The highest BCUT2D eigenvalue weighted by molar-refractivity contribution is 7.91. The molecule has 0 radical (unpaired) electrons. The van der Waals surface area contributed by atoms with E-state index in [1.54, 1.807) is 24.3 Å². The SMILES string of the molecule is [C-]#[N+]C([N+]#[C-])=C1Cc2c(-c3ccc(S(C)(=O)=O)cc3)c3c(c(-c4ccc(S(C)(=O)=O)cc4)c2=C1[N+]#[C-])CC(=C(C#N)C#N)C=3C#N. The number of hydrogen-bond acceptors (Lipinski definition) is 7. The fourth-order valence-corrected chi connectivity index (χ4v) is 7.17. The Labute approximate surface area is 265 Å². The first kappa shape index (κ1) is 31.2. The standard InChI is InChI=1S/C34H18N6O4S2/c1-38-33-27(34(39-2)40-3)15-26-29(19-6-10-22(11-7-19)45(4,41)42)31-25(14-24(28(31)18-37)21(16-35)17-36)30(32(26)33)20-8-12-23(13-9-20)46(5,43)44/h6-13H,14-15H2,4-5H3. The lowest BCUT2D eigenvalue weighted by Gasteiger charge is -2.17. The number of benzene rings is 3. The van der Waals surface area contributed by atoms with E-state index in [0.717, 1.165) is 12.5 Å². The first-order chi connectivity index (χ1) is 21.8. The Balaban J connectivity index is 2.10. The van der Waals surface area contributed by atoms with Gasteiger partial charge in [-0.3, -0.25) is 0 Å². The minimum absolute atomic E-state index is 0.0349. The third-order valence-electron chi connectivity index (χ3n) is 7.86. The molecule has 0 saturated carbocycles. The van der Waals surface area contributed by atoms with Crippen molar-refractivity contribution in [2.45, 2.75) is 22.6 Å². The van der Waals surface area contributed by atoms with E-state index in [4.69, 9.17) is 19.7 Å². The van der Waals surface area contributed by atoms with Crippen molar-refractivity contribution in [2.75, 3.05) is 12.5 Å². The van der Waals surface area contributed by atoms with Crippen LogP contribution < -0.4 is 10.4 Å². The van der Waals surface area contributed by atoms with Crippen molar-refractivity contribution >= 4 is 30.9 Å². The van der Waals surface area contributed by atoms with Gasteiger partial charge in [0.25, 0.3) is 0 Å². The van der Waals surface area contributed by atoms with E-state index in [2.05, 4.69) is 20.6 Å². The molecule has 0 unspecified atom stereocenters. The van der Waals surface area contributed by atoms with E-state index >= 15 is 0 Å². The number of nitrogens with zero attached hydrogens (tertiary/aromatic N) is 6. The van der Waals surface area contributed by atoms with Gasteiger partial charge in [0.15, 0.2) is 25.4 Å². The van der Waals surface area contributed by atoms with Crippen LogP contribution in [-0.2, 0) is 32.5 Å². The number of nitriles is 3. The van der Waals surface area contributed by atoms with Crippen molar-refractivity contribution in [3.8, 4) is 40.5 Å². The second-order valence-electron chi connectivity index (χ2n) is 10.5. The monoisotopic (exact) mass is 638 g/mol. The summed E-state index contributed by atoms with van der Waals surface area (Å²) in [5, 5.41) is 30.8. The number of allylic oxidation sites excluding steroid dienone is 2. The van der Waals surface area contributed by atoms with Crippen LogP contribution in [0.5, 0.6) is 0 Å². The van der Waals surface area contributed by atoms with Gasteiger partial charge in [0.2, 0.25) is 0 Å². The van der Waals surface area contributed by atoms with Crippen LogP contribution in [0.15, 0.2) is 80.9 Å². The fraction of sp³-hybridized carbons (Fsp3) is 0.118. The Kier molecular flexibility index (Phi) is 7.68. The van der Waals surface area contributed by atoms with Crippen molar-refractivity contribution < 1.29 is 16.8 Å². The number of hydrogen-bond donors (Lipinski definition) is 0. The van der Waals surface area contributed by atoms with Crippen LogP contribution in [0.1, 0.15) is 11.1 Å². The Morgan fingerprint density at radius 1 is 0.696 bits per heavy atom. The van der Waals surface area contributed by atoms with Crippen LogP contribution in [0.25, 0.3) is 48.1 Å². The van der Waals surface area contributed by atoms with Gasteiger partial charge in [-0.05, 0) is 69.3 Å². The Morgan fingerprint density at radius 2 is 1.13 bits per heavy atom. The molecule has 0 amide bonds. The lowest BCUT2D eigenvalue weighted by Crippen LogP contribution is -2.24. The van der Waals surface area contributed by atoms with Gasteiger partial charge in [-0.1, -0.05) is 24.3 Å². The van der Waals surface area contributed by atoms with Crippen LogP contribution in [0, 0.1) is 53.7 Å². The Bertz CT molecular complexity index is 2390. The summed E-state index contributed by atoms with van der Waals surface area (Å²) >= 11 is 0. The molecule has 0 spiro atoms. The molecule has 46 heavy (non-hydrogen) atoms. The maximum absolute atomic E-state index is 12.2.